The monoisotopic (exact) mass is 280 g/mol. The Morgan fingerprint density at radius 1 is 1.31 bits per heavy atom. The number of hydrogen-bond donors (Lipinski definition) is 1. The van der Waals surface area contributed by atoms with Crippen LogP contribution >= 0.6 is 32.5 Å². The summed E-state index contributed by atoms with van der Waals surface area (Å²) in [6.07, 6.45) is 1.74. The molecule has 0 saturated carbocycles. The van der Waals surface area contributed by atoms with Crippen LogP contribution in [-0.4, -0.2) is 54.0 Å². The summed E-state index contributed by atoms with van der Waals surface area (Å²) >= 11 is 4.10. The van der Waals surface area contributed by atoms with Crippen molar-refractivity contribution in [2.24, 2.45) is 0 Å². The predicted molar refractivity (Wildman–Crippen MR) is 71.3 cm³/mol. The van der Waals surface area contributed by atoms with Gasteiger partial charge >= 0.3 is 0 Å². The third-order valence-electron chi connectivity index (χ3n) is 2.89. The summed E-state index contributed by atoms with van der Waals surface area (Å²) in [6.45, 7) is 4.18. The first-order valence-electron chi connectivity index (χ1n) is 5.45. The van der Waals surface area contributed by atoms with E-state index in [0.717, 1.165) is 45.6 Å². The molecule has 2 aliphatic heterocycles. The quantitative estimate of drug-likeness (QED) is 0.481. The van der Waals surface area contributed by atoms with Gasteiger partial charge in [0.15, 0.2) is 0 Å². The van der Waals surface area contributed by atoms with Crippen molar-refractivity contribution in [3.05, 3.63) is 0 Å². The molecule has 2 aliphatic rings. The van der Waals surface area contributed by atoms with Crippen LogP contribution < -0.4 is 0 Å². The number of thiol groups is 1. The Kier molecular flexibility index (Phi) is 5.15. The van der Waals surface area contributed by atoms with E-state index in [-0.39, 0.29) is 12.0 Å². The molecule has 0 spiro atoms. The first-order valence-corrected chi connectivity index (χ1v) is 8.60. The minimum atomic E-state index is -0.168. The van der Waals surface area contributed by atoms with Gasteiger partial charge in [-0.1, -0.05) is 11.7 Å². The smallest absolute Gasteiger partial charge is 0.251 e. The Labute approximate surface area is 109 Å². The average Bonchev–Trinajstić information content (AvgIpc) is 2.83. The normalized spacial score (nSPS) is 27.3. The van der Waals surface area contributed by atoms with Crippen molar-refractivity contribution in [1.82, 2.24) is 9.21 Å². The Balaban J connectivity index is 1.77. The van der Waals surface area contributed by atoms with Crippen molar-refractivity contribution in [1.29, 1.82) is 0 Å². The number of amides is 1. The van der Waals surface area contributed by atoms with Crippen molar-refractivity contribution in [3.8, 4) is 0 Å². The van der Waals surface area contributed by atoms with Gasteiger partial charge in [0.25, 0.3) is 5.91 Å². The van der Waals surface area contributed by atoms with Crippen LogP contribution in [0.25, 0.3) is 0 Å². The number of hydrogen-bond acceptors (Lipinski definition) is 6. The van der Waals surface area contributed by atoms with E-state index in [1.807, 2.05) is 4.90 Å². The number of ether oxygens (including phenoxy) is 1. The van der Waals surface area contributed by atoms with Gasteiger partial charge in [-0.15, -0.1) is 0 Å². The topological polar surface area (TPSA) is 32.8 Å². The largest absolute Gasteiger partial charge is 0.368 e. The van der Waals surface area contributed by atoms with E-state index < -0.39 is 0 Å². The lowest BCUT2D eigenvalue weighted by Crippen LogP contribution is -2.49. The molecule has 0 aliphatic carbocycles. The molecule has 92 valence electrons. The Morgan fingerprint density at radius 3 is 2.62 bits per heavy atom. The molecule has 0 radical (unpaired) electrons. The maximum Gasteiger partial charge on any atom is 0.251 e. The van der Waals surface area contributed by atoms with Crippen LogP contribution in [0.3, 0.4) is 0 Å². The summed E-state index contributed by atoms with van der Waals surface area (Å²) in [5.74, 6) is 0.181. The fourth-order valence-corrected chi connectivity index (χ4v) is 3.99. The molecule has 2 rings (SSSR count). The van der Waals surface area contributed by atoms with Gasteiger partial charge in [0, 0.05) is 43.8 Å². The van der Waals surface area contributed by atoms with Crippen molar-refractivity contribution >= 4 is 38.4 Å². The molecule has 1 atom stereocenters. The van der Waals surface area contributed by atoms with Crippen LogP contribution in [0, 0.1) is 0 Å². The van der Waals surface area contributed by atoms with Crippen molar-refractivity contribution in [2.45, 2.75) is 18.9 Å². The zero-order valence-electron chi connectivity index (χ0n) is 9.00. The van der Waals surface area contributed by atoms with Crippen LogP contribution in [0.4, 0.5) is 0 Å². The second-order valence-corrected chi connectivity index (χ2v) is 6.96. The molecule has 0 aromatic carbocycles. The Bertz CT molecular complexity index is 241. The first-order chi connectivity index (χ1) is 7.81. The van der Waals surface area contributed by atoms with Gasteiger partial charge in [-0.2, -0.15) is 0 Å². The van der Waals surface area contributed by atoms with Crippen molar-refractivity contribution in [2.75, 3.05) is 32.8 Å². The molecule has 1 unspecified atom stereocenters. The lowest BCUT2D eigenvalue weighted by molar-refractivity contribution is -0.142. The maximum absolute atomic E-state index is 12.0. The van der Waals surface area contributed by atoms with Crippen molar-refractivity contribution < 1.29 is 9.53 Å². The molecule has 2 fully saturated rings. The third kappa shape index (κ3) is 3.22. The lowest BCUT2D eigenvalue weighted by Gasteiger charge is -2.34. The number of piperazine rings is 1. The number of nitrogens with zero attached hydrogens (tertiary/aromatic N) is 2. The number of carbonyl (C=O) groups is 1. The second-order valence-electron chi connectivity index (χ2n) is 3.91. The van der Waals surface area contributed by atoms with E-state index in [1.54, 1.807) is 11.0 Å². The summed E-state index contributed by atoms with van der Waals surface area (Å²) in [6, 6.07) is 0. The van der Waals surface area contributed by atoms with Gasteiger partial charge in [-0.05, 0) is 22.7 Å². The molecule has 1 amide bonds. The van der Waals surface area contributed by atoms with Gasteiger partial charge in [-0.25, -0.2) is 4.31 Å². The minimum Gasteiger partial charge on any atom is -0.368 e. The highest BCUT2D eigenvalue weighted by atomic mass is 33.5. The lowest BCUT2D eigenvalue weighted by atomic mass is 10.2. The fourth-order valence-electron chi connectivity index (χ4n) is 2.01. The van der Waals surface area contributed by atoms with Crippen LogP contribution in [0.5, 0.6) is 0 Å². The zero-order chi connectivity index (χ0) is 11.4. The molecule has 7 heteroatoms. The van der Waals surface area contributed by atoms with E-state index in [9.17, 15) is 4.79 Å². The molecule has 16 heavy (non-hydrogen) atoms. The highest BCUT2D eigenvalue weighted by Gasteiger charge is 2.30. The number of rotatable bonds is 3. The zero-order valence-corrected chi connectivity index (χ0v) is 11.5. The Hall–Kier alpha value is 0.440. The first kappa shape index (κ1) is 12.9. The third-order valence-corrected chi connectivity index (χ3v) is 4.97. The van der Waals surface area contributed by atoms with E-state index in [0.29, 0.717) is 0 Å². The number of carbonyl (C=O) groups excluding carboxylic acids is 1. The predicted octanol–water partition coefficient (Wildman–Crippen LogP) is 1.45. The van der Waals surface area contributed by atoms with E-state index in [4.69, 9.17) is 4.74 Å². The average molecular weight is 280 g/mol. The summed E-state index contributed by atoms with van der Waals surface area (Å²) in [5, 5.41) is 0. The molecule has 0 aromatic heterocycles. The van der Waals surface area contributed by atoms with Crippen LogP contribution in [0.1, 0.15) is 12.8 Å². The van der Waals surface area contributed by atoms with Crippen molar-refractivity contribution in [3.63, 3.8) is 0 Å². The standard InChI is InChI=1S/C9H16N2O2S3/c12-9(8-2-1-7-13-8)10-3-5-11(6-4-10)15-16-14/h8,14H,1-7H2. The van der Waals surface area contributed by atoms with Gasteiger partial charge in [0.2, 0.25) is 0 Å². The summed E-state index contributed by atoms with van der Waals surface area (Å²) in [4.78, 5) is 13.9. The van der Waals surface area contributed by atoms with Crippen LogP contribution in [0.2, 0.25) is 0 Å². The highest BCUT2D eigenvalue weighted by molar-refractivity contribution is 9.04. The molecular weight excluding hydrogens is 264 g/mol. The molecule has 0 bridgehead atoms. The van der Waals surface area contributed by atoms with Gasteiger partial charge in [-0.3, -0.25) is 4.79 Å². The summed E-state index contributed by atoms with van der Waals surface area (Å²) in [5.41, 5.74) is 0. The van der Waals surface area contributed by atoms with Gasteiger partial charge in [0.05, 0.1) is 0 Å². The molecular formula is C9H16N2O2S3. The van der Waals surface area contributed by atoms with Crippen LogP contribution in [0.15, 0.2) is 0 Å². The fraction of sp³-hybridized carbons (Fsp3) is 0.889. The molecule has 4 nitrogen and oxygen atoms in total. The minimum absolute atomic E-state index is 0.168. The molecule has 2 saturated heterocycles. The van der Waals surface area contributed by atoms with E-state index in [1.165, 1.54) is 9.83 Å². The Morgan fingerprint density at radius 2 is 2.06 bits per heavy atom. The summed E-state index contributed by atoms with van der Waals surface area (Å²) in [7, 11) is 3.10. The summed E-state index contributed by atoms with van der Waals surface area (Å²) < 4.78 is 7.65. The molecule has 0 aromatic rings. The van der Waals surface area contributed by atoms with E-state index >= 15 is 0 Å². The SMILES string of the molecule is O=C(C1CCCO1)N1CCN(SSS)CC1. The second kappa shape index (κ2) is 6.39. The van der Waals surface area contributed by atoms with Gasteiger partial charge in [0.1, 0.15) is 6.10 Å². The maximum atomic E-state index is 12.0. The van der Waals surface area contributed by atoms with E-state index in [2.05, 4.69) is 16.0 Å². The highest BCUT2D eigenvalue weighted by Crippen LogP contribution is 2.29. The molecule has 0 N–H and O–H groups in total. The van der Waals surface area contributed by atoms with Crippen LogP contribution in [-0.2, 0) is 9.53 Å². The van der Waals surface area contributed by atoms with Gasteiger partial charge < -0.3 is 9.64 Å². The molecule has 2 heterocycles.